The van der Waals surface area contributed by atoms with Crippen molar-refractivity contribution in [2.75, 3.05) is 18.0 Å². The lowest BCUT2D eigenvalue weighted by atomic mass is 9.89. The molecule has 1 unspecified atom stereocenters. The summed E-state index contributed by atoms with van der Waals surface area (Å²) in [6.07, 6.45) is 0.846. The van der Waals surface area contributed by atoms with Gasteiger partial charge in [0, 0.05) is 48.3 Å². The van der Waals surface area contributed by atoms with E-state index >= 15 is 0 Å². The number of hydrogen-bond donors (Lipinski definition) is 0. The molecular weight excluding hydrogens is 468 g/mol. The predicted octanol–water partition coefficient (Wildman–Crippen LogP) is 6.95. The van der Waals surface area contributed by atoms with Crippen LogP contribution in [0, 0.1) is 5.82 Å². The van der Waals surface area contributed by atoms with Gasteiger partial charge >= 0.3 is 6.18 Å². The number of benzene rings is 3. The van der Waals surface area contributed by atoms with E-state index in [4.69, 9.17) is 0 Å². The minimum Gasteiger partial charge on any atom is -0.372 e. The van der Waals surface area contributed by atoms with Crippen LogP contribution < -0.4 is 4.90 Å². The number of nitrogens with zero attached hydrogens (tertiary/aromatic N) is 4. The van der Waals surface area contributed by atoms with Gasteiger partial charge in [0.2, 0.25) is 0 Å². The van der Waals surface area contributed by atoms with Crippen molar-refractivity contribution in [3.63, 3.8) is 0 Å². The molecule has 0 spiro atoms. The lowest BCUT2D eigenvalue weighted by molar-refractivity contribution is -0.140. The number of aryl methyl sites for hydroxylation is 1. The molecule has 0 aliphatic carbocycles. The fourth-order valence-electron chi connectivity index (χ4n) is 5.38. The Kier molecular flexibility index (Phi) is 5.28. The zero-order valence-corrected chi connectivity index (χ0v) is 19.6. The highest BCUT2D eigenvalue weighted by molar-refractivity contribution is 5.89. The lowest BCUT2D eigenvalue weighted by Gasteiger charge is -2.22. The van der Waals surface area contributed by atoms with Crippen molar-refractivity contribution in [3.05, 3.63) is 90.0 Å². The van der Waals surface area contributed by atoms with Crippen LogP contribution in [0.2, 0.25) is 0 Å². The molecule has 1 aliphatic heterocycles. The zero-order chi connectivity index (χ0) is 25.0. The molecule has 0 saturated carbocycles. The first-order chi connectivity index (χ1) is 17.3. The molecule has 2 aromatic heterocycles. The van der Waals surface area contributed by atoms with E-state index in [1.54, 1.807) is 53.0 Å². The summed E-state index contributed by atoms with van der Waals surface area (Å²) in [5, 5.41) is 5.55. The summed E-state index contributed by atoms with van der Waals surface area (Å²) in [5.74, 6) is -2.15. The van der Waals surface area contributed by atoms with Crippen LogP contribution in [0.5, 0.6) is 0 Å². The number of halogens is 4. The number of fused-ring (bicyclic) bond motifs is 2. The van der Waals surface area contributed by atoms with Crippen LogP contribution in [0.15, 0.2) is 73.1 Å². The van der Waals surface area contributed by atoms with E-state index in [0.29, 0.717) is 22.0 Å². The summed E-state index contributed by atoms with van der Waals surface area (Å²) in [6.45, 7) is 1.84. The molecule has 4 nitrogen and oxygen atoms in total. The molecule has 1 fully saturated rings. The third-order valence-corrected chi connectivity index (χ3v) is 7.11. The third kappa shape index (κ3) is 3.81. The van der Waals surface area contributed by atoms with Gasteiger partial charge in [0.1, 0.15) is 11.7 Å². The van der Waals surface area contributed by atoms with Gasteiger partial charge in [-0.2, -0.15) is 18.3 Å². The maximum absolute atomic E-state index is 14.7. The smallest absolute Gasteiger partial charge is 0.372 e. The van der Waals surface area contributed by atoms with Crippen molar-refractivity contribution < 1.29 is 17.6 Å². The van der Waals surface area contributed by atoms with Gasteiger partial charge in [0.15, 0.2) is 0 Å². The molecule has 0 N–H and O–H groups in total. The number of alkyl halides is 3. The summed E-state index contributed by atoms with van der Waals surface area (Å²) in [6, 6.07) is 16.4. The number of hydrogen-bond acceptors (Lipinski definition) is 2. The predicted molar refractivity (Wildman–Crippen MR) is 133 cm³/mol. The molecule has 1 atom stereocenters. The van der Waals surface area contributed by atoms with E-state index in [1.165, 1.54) is 18.2 Å². The Balaban J connectivity index is 1.47. The van der Waals surface area contributed by atoms with Gasteiger partial charge in [-0.05, 0) is 78.6 Å². The van der Waals surface area contributed by atoms with Crippen LogP contribution >= 0.6 is 0 Å². The Hall–Kier alpha value is -3.81. The SMILES string of the molecule is Cn1cc(C(c2ccc3c(cnn3-c3ccc(F)cc3)c2)C(F)(F)F)c2cc(N3CCCC3)ccc21. The highest BCUT2D eigenvalue weighted by Crippen LogP contribution is 2.44. The molecule has 3 heterocycles. The lowest BCUT2D eigenvalue weighted by Crippen LogP contribution is -2.22. The standard InChI is InChI=1S/C28H24F4N4/c1-34-17-24(23-15-22(9-11-26(23)34)35-12-2-3-13-35)27(28(30,31)32)18-4-10-25-19(14-18)16-33-36(25)21-7-5-20(29)6-8-21/h4-11,14-17,27H,2-3,12-13H2,1H3. The number of anilines is 1. The maximum atomic E-state index is 14.7. The highest BCUT2D eigenvalue weighted by Gasteiger charge is 2.43. The summed E-state index contributed by atoms with van der Waals surface area (Å²) >= 11 is 0. The van der Waals surface area contributed by atoms with Crippen molar-refractivity contribution in [1.29, 1.82) is 0 Å². The van der Waals surface area contributed by atoms with Crippen LogP contribution in [-0.2, 0) is 7.05 Å². The Morgan fingerprint density at radius 1 is 0.861 bits per heavy atom. The summed E-state index contributed by atoms with van der Waals surface area (Å²) in [5.41, 5.74) is 3.42. The van der Waals surface area contributed by atoms with Crippen molar-refractivity contribution in [2.45, 2.75) is 24.9 Å². The molecule has 3 aromatic carbocycles. The molecule has 6 rings (SSSR count). The Labute approximate surface area is 205 Å². The van der Waals surface area contributed by atoms with Gasteiger partial charge in [0.05, 0.1) is 17.4 Å². The van der Waals surface area contributed by atoms with Crippen molar-refractivity contribution in [3.8, 4) is 5.69 Å². The normalized spacial score (nSPS) is 15.3. The van der Waals surface area contributed by atoms with Crippen LogP contribution in [-0.4, -0.2) is 33.6 Å². The molecule has 0 radical (unpaired) electrons. The number of rotatable bonds is 4. The van der Waals surface area contributed by atoms with Crippen molar-refractivity contribution in [2.24, 2.45) is 7.05 Å². The second-order valence-electron chi connectivity index (χ2n) is 9.42. The van der Waals surface area contributed by atoms with Crippen molar-refractivity contribution >= 4 is 27.5 Å². The topological polar surface area (TPSA) is 26.0 Å². The summed E-state index contributed by atoms with van der Waals surface area (Å²) in [4.78, 5) is 2.23. The molecule has 36 heavy (non-hydrogen) atoms. The Morgan fingerprint density at radius 2 is 1.56 bits per heavy atom. The highest BCUT2D eigenvalue weighted by atomic mass is 19.4. The monoisotopic (exact) mass is 492 g/mol. The summed E-state index contributed by atoms with van der Waals surface area (Å²) in [7, 11) is 1.78. The Bertz CT molecular complexity index is 1560. The first-order valence-electron chi connectivity index (χ1n) is 11.9. The van der Waals surface area contributed by atoms with E-state index in [1.807, 2.05) is 18.2 Å². The second-order valence-corrected chi connectivity index (χ2v) is 9.42. The summed E-state index contributed by atoms with van der Waals surface area (Å²) < 4.78 is 60.7. The van der Waals surface area contributed by atoms with Gasteiger partial charge in [0.25, 0.3) is 0 Å². The molecule has 1 saturated heterocycles. The first kappa shape index (κ1) is 22.6. The van der Waals surface area contributed by atoms with Crippen molar-refractivity contribution in [1.82, 2.24) is 14.3 Å². The van der Waals surface area contributed by atoms with Crippen LogP contribution in [0.4, 0.5) is 23.2 Å². The van der Waals surface area contributed by atoms with E-state index in [9.17, 15) is 17.6 Å². The molecule has 184 valence electrons. The molecule has 8 heteroatoms. The van der Waals surface area contributed by atoms with E-state index in [2.05, 4.69) is 10.00 Å². The number of aromatic nitrogens is 3. The van der Waals surface area contributed by atoms with Crippen LogP contribution in [0.25, 0.3) is 27.5 Å². The second kappa shape index (κ2) is 8.40. The average molecular weight is 493 g/mol. The largest absolute Gasteiger partial charge is 0.399 e. The van der Waals surface area contributed by atoms with Gasteiger partial charge in [-0.3, -0.25) is 0 Å². The zero-order valence-electron chi connectivity index (χ0n) is 19.6. The Morgan fingerprint density at radius 3 is 2.28 bits per heavy atom. The fourth-order valence-corrected chi connectivity index (χ4v) is 5.38. The van der Waals surface area contributed by atoms with E-state index in [-0.39, 0.29) is 16.9 Å². The van der Waals surface area contributed by atoms with Gasteiger partial charge in [-0.15, -0.1) is 0 Å². The average Bonchev–Trinajstić information content (AvgIpc) is 3.59. The third-order valence-electron chi connectivity index (χ3n) is 7.11. The molecule has 1 aliphatic rings. The fraction of sp³-hybridized carbons (Fsp3) is 0.250. The van der Waals surface area contributed by atoms with Gasteiger partial charge < -0.3 is 9.47 Å². The first-order valence-corrected chi connectivity index (χ1v) is 11.9. The minimum absolute atomic E-state index is 0.160. The molecule has 0 amide bonds. The van der Waals surface area contributed by atoms with Gasteiger partial charge in [-0.25, -0.2) is 9.07 Å². The maximum Gasteiger partial charge on any atom is 0.399 e. The van der Waals surface area contributed by atoms with Crippen LogP contribution in [0.3, 0.4) is 0 Å². The molecule has 0 bridgehead atoms. The molecular formula is C28H24F4N4. The van der Waals surface area contributed by atoms with E-state index < -0.39 is 12.1 Å². The van der Waals surface area contributed by atoms with Crippen LogP contribution in [0.1, 0.15) is 29.9 Å². The van der Waals surface area contributed by atoms with E-state index in [0.717, 1.165) is 37.1 Å². The molecule has 5 aromatic rings. The van der Waals surface area contributed by atoms with Gasteiger partial charge in [-0.1, -0.05) is 6.07 Å². The quantitative estimate of drug-likeness (QED) is 0.254. The minimum atomic E-state index is -4.49.